The second-order valence-electron chi connectivity index (χ2n) is 7.17. The Morgan fingerprint density at radius 3 is 2.58 bits per heavy atom. The number of methoxy groups -OCH3 is 1. The maximum Gasteiger partial charge on any atom is 0.266 e. The standard InChI is InChI=1S/C25H19ClINO3S2/c1-30-21-12-17(11-20(27)23(21)31-15-18-9-5-6-10-19(18)26)13-22-24(29)28(25(32)33-22)14-16-7-3-2-4-8-16/h2-13H,14-15H2,1H3. The van der Waals surface area contributed by atoms with Gasteiger partial charge >= 0.3 is 0 Å². The van der Waals surface area contributed by atoms with Gasteiger partial charge in [-0.05, 0) is 58.0 Å². The topological polar surface area (TPSA) is 38.8 Å². The third kappa shape index (κ3) is 5.71. The van der Waals surface area contributed by atoms with Crippen LogP contribution < -0.4 is 9.47 Å². The van der Waals surface area contributed by atoms with Crippen LogP contribution in [0, 0.1) is 3.57 Å². The number of carbonyl (C=O) groups excluding carboxylic acids is 1. The minimum atomic E-state index is -0.0955. The van der Waals surface area contributed by atoms with Crippen molar-refractivity contribution in [2.24, 2.45) is 0 Å². The Hall–Kier alpha value is -2.07. The molecule has 0 spiro atoms. The van der Waals surface area contributed by atoms with Crippen molar-refractivity contribution in [1.82, 2.24) is 4.90 Å². The number of nitrogens with zero attached hydrogens (tertiary/aromatic N) is 1. The van der Waals surface area contributed by atoms with Gasteiger partial charge in [-0.25, -0.2) is 0 Å². The van der Waals surface area contributed by atoms with E-state index >= 15 is 0 Å². The molecule has 1 aliphatic rings. The summed E-state index contributed by atoms with van der Waals surface area (Å²) in [5.41, 5.74) is 2.76. The summed E-state index contributed by atoms with van der Waals surface area (Å²) in [4.78, 5) is 15.2. The van der Waals surface area contributed by atoms with Crippen LogP contribution in [0.4, 0.5) is 0 Å². The number of thioether (sulfide) groups is 1. The van der Waals surface area contributed by atoms with Gasteiger partial charge in [0.1, 0.15) is 10.9 Å². The van der Waals surface area contributed by atoms with Crippen molar-refractivity contribution in [3.8, 4) is 11.5 Å². The highest BCUT2D eigenvalue weighted by Crippen LogP contribution is 2.38. The van der Waals surface area contributed by atoms with Gasteiger partial charge < -0.3 is 9.47 Å². The van der Waals surface area contributed by atoms with Crippen molar-refractivity contribution in [3.05, 3.63) is 96.9 Å². The molecule has 3 aromatic carbocycles. The number of hydrogen-bond donors (Lipinski definition) is 0. The summed E-state index contributed by atoms with van der Waals surface area (Å²) < 4.78 is 13.0. The summed E-state index contributed by atoms with van der Waals surface area (Å²) in [5.74, 6) is 1.12. The second-order valence-corrected chi connectivity index (χ2v) is 10.4. The zero-order valence-electron chi connectivity index (χ0n) is 17.6. The van der Waals surface area contributed by atoms with Gasteiger partial charge in [0.2, 0.25) is 0 Å². The molecule has 1 fully saturated rings. The molecule has 0 saturated carbocycles. The summed E-state index contributed by atoms with van der Waals surface area (Å²) >= 11 is 15.2. The zero-order chi connectivity index (χ0) is 23.4. The zero-order valence-corrected chi connectivity index (χ0v) is 22.1. The molecule has 4 rings (SSSR count). The predicted molar refractivity (Wildman–Crippen MR) is 147 cm³/mol. The van der Waals surface area contributed by atoms with Crippen molar-refractivity contribution in [2.45, 2.75) is 13.2 Å². The second kappa shape index (κ2) is 10.9. The van der Waals surface area contributed by atoms with Crippen LogP contribution >= 0.6 is 58.2 Å². The van der Waals surface area contributed by atoms with E-state index in [0.29, 0.717) is 38.9 Å². The average molecular weight is 608 g/mol. The minimum absolute atomic E-state index is 0.0955. The minimum Gasteiger partial charge on any atom is -0.493 e. The molecule has 168 valence electrons. The Kier molecular flexibility index (Phi) is 7.95. The fourth-order valence-corrected chi connectivity index (χ4v) is 5.51. The van der Waals surface area contributed by atoms with Crippen LogP contribution in [0.15, 0.2) is 71.6 Å². The molecule has 0 radical (unpaired) electrons. The molecular formula is C25H19ClINO3S2. The normalized spacial score (nSPS) is 14.8. The first-order valence-corrected chi connectivity index (χ1v) is 12.7. The molecule has 1 heterocycles. The van der Waals surface area contributed by atoms with E-state index < -0.39 is 0 Å². The van der Waals surface area contributed by atoms with Gasteiger partial charge in [-0.3, -0.25) is 9.69 Å². The van der Waals surface area contributed by atoms with Crippen LogP contribution in [0.2, 0.25) is 5.02 Å². The van der Waals surface area contributed by atoms with E-state index in [-0.39, 0.29) is 5.91 Å². The molecule has 4 nitrogen and oxygen atoms in total. The number of halogens is 2. The van der Waals surface area contributed by atoms with Crippen molar-refractivity contribution in [3.63, 3.8) is 0 Å². The lowest BCUT2D eigenvalue weighted by Gasteiger charge is -2.15. The van der Waals surface area contributed by atoms with E-state index in [2.05, 4.69) is 22.6 Å². The molecule has 0 aliphatic carbocycles. The van der Waals surface area contributed by atoms with Crippen LogP contribution in [0.1, 0.15) is 16.7 Å². The molecule has 1 amide bonds. The van der Waals surface area contributed by atoms with Crippen LogP contribution in [-0.4, -0.2) is 22.2 Å². The lowest BCUT2D eigenvalue weighted by atomic mass is 10.1. The Balaban J connectivity index is 1.54. The van der Waals surface area contributed by atoms with E-state index in [9.17, 15) is 4.79 Å². The third-order valence-electron chi connectivity index (χ3n) is 4.94. The Bertz CT molecular complexity index is 1230. The molecule has 0 atom stereocenters. The Morgan fingerprint density at radius 1 is 1.12 bits per heavy atom. The number of amides is 1. The molecule has 33 heavy (non-hydrogen) atoms. The lowest BCUT2D eigenvalue weighted by Crippen LogP contribution is -2.27. The highest BCUT2D eigenvalue weighted by molar-refractivity contribution is 14.1. The fraction of sp³-hybridized carbons (Fsp3) is 0.120. The van der Waals surface area contributed by atoms with Gasteiger partial charge in [0, 0.05) is 10.6 Å². The van der Waals surface area contributed by atoms with E-state index in [1.165, 1.54) is 11.8 Å². The smallest absolute Gasteiger partial charge is 0.266 e. The van der Waals surface area contributed by atoms with E-state index in [0.717, 1.165) is 20.3 Å². The molecule has 0 unspecified atom stereocenters. The van der Waals surface area contributed by atoms with Gasteiger partial charge in [-0.15, -0.1) is 0 Å². The van der Waals surface area contributed by atoms with E-state index in [1.54, 1.807) is 12.0 Å². The summed E-state index contributed by atoms with van der Waals surface area (Å²) in [5, 5.41) is 0.653. The average Bonchev–Trinajstić information content (AvgIpc) is 3.07. The number of benzene rings is 3. The number of thiocarbonyl (C=S) groups is 1. The molecule has 0 N–H and O–H groups in total. The van der Waals surface area contributed by atoms with Crippen LogP contribution in [0.5, 0.6) is 11.5 Å². The van der Waals surface area contributed by atoms with Crippen LogP contribution in [0.3, 0.4) is 0 Å². The first-order valence-electron chi connectivity index (χ1n) is 9.99. The van der Waals surface area contributed by atoms with Gasteiger partial charge in [0.25, 0.3) is 5.91 Å². The quantitative estimate of drug-likeness (QED) is 0.165. The van der Waals surface area contributed by atoms with Crippen LogP contribution in [0.25, 0.3) is 6.08 Å². The van der Waals surface area contributed by atoms with Gasteiger partial charge in [-0.1, -0.05) is 84.1 Å². The molecule has 1 aliphatic heterocycles. The number of rotatable bonds is 7. The highest BCUT2D eigenvalue weighted by Gasteiger charge is 2.32. The number of carbonyl (C=O) groups is 1. The molecule has 3 aromatic rings. The SMILES string of the molecule is COc1cc(C=C2SC(=S)N(Cc3ccccc3)C2=O)cc(I)c1OCc1ccccc1Cl. The monoisotopic (exact) mass is 607 g/mol. The van der Waals surface area contributed by atoms with Crippen LogP contribution in [-0.2, 0) is 17.9 Å². The third-order valence-corrected chi connectivity index (χ3v) is 7.48. The Morgan fingerprint density at radius 2 is 1.85 bits per heavy atom. The highest BCUT2D eigenvalue weighted by atomic mass is 127. The maximum absolute atomic E-state index is 13.0. The summed E-state index contributed by atoms with van der Waals surface area (Å²) in [6.07, 6.45) is 1.84. The summed E-state index contributed by atoms with van der Waals surface area (Å²) in [6, 6.07) is 21.2. The predicted octanol–water partition coefficient (Wildman–Crippen LogP) is 6.93. The van der Waals surface area contributed by atoms with Gasteiger partial charge in [0.15, 0.2) is 11.5 Å². The van der Waals surface area contributed by atoms with Gasteiger partial charge in [-0.2, -0.15) is 0 Å². The largest absolute Gasteiger partial charge is 0.493 e. The molecule has 0 bridgehead atoms. The number of ether oxygens (including phenoxy) is 2. The lowest BCUT2D eigenvalue weighted by molar-refractivity contribution is -0.122. The maximum atomic E-state index is 13.0. The summed E-state index contributed by atoms with van der Waals surface area (Å²) in [7, 11) is 1.59. The molecule has 8 heteroatoms. The summed E-state index contributed by atoms with van der Waals surface area (Å²) in [6.45, 7) is 0.780. The van der Waals surface area contributed by atoms with Crippen molar-refractivity contribution >= 4 is 74.5 Å². The first kappa shape index (κ1) is 24.1. The molecule has 1 saturated heterocycles. The molecule has 0 aromatic heterocycles. The van der Waals surface area contributed by atoms with Gasteiger partial charge in [0.05, 0.1) is 22.1 Å². The fourth-order valence-electron chi connectivity index (χ4n) is 3.28. The Labute approximate surface area is 221 Å². The van der Waals surface area contributed by atoms with E-state index in [4.69, 9.17) is 33.3 Å². The van der Waals surface area contributed by atoms with E-state index in [1.807, 2.05) is 72.8 Å². The molecular weight excluding hydrogens is 589 g/mol. The van der Waals surface area contributed by atoms with Crippen molar-refractivity contribution in [1.29, 1.82) is 0 Å². The van der Waals surface area contributed by atoms with Crippen molar-refractivity contribution < 1.29 is 14.3 Å². The first-order chi connectivity index (χ1) is 16.0. The number of hydrogen-bond acceptors (Lipinski definition) is 5. The van der Waals surface area contributed by atoms with Crippen molar-refractivity contribution in [2.75, 3.05) is 7.11 Å².